The normalized spacial score (nSPS) is 10.9. The number of nitrogen functional groups attached to an aromatic ring is 1. The molecular formula is C14H13N3. The van der Waals surface area contributed by atoms with E-state index in [2.05, 4.69) is 28.6 Å². The smallest absolute Gasteiger partial charge is 0.111 e. The molecule has 2 aromatic heterocycles. The zero-order valence-electron chi connectivity index (χ0n) is 9.59. The highest BCUT2D eigenvalue weighted by Gasteiger charge is 2.11. The maximum atomic E-state index is 6.19. The minimum Gasteiger partial charge on any atom is -0.385 e. The summed E-state index contributed by atoms with van der Waals surface area (Å²) in [5, 5.41) is 1.20. The number of para-hydroxylation sites is 1. The predicted molar refractivity (Wildman–Crippen MR) is 70.2 cm³/mol. The number of anilines is 1. The van der Waals surface area contributed by atoms with Crippen LogP contribution in [0.2, 0.25) is 0 Å². The third-order valence-corrected chi connectivity index (χ3v) is 3.09. The van der Waals surface area contributed by atoms with Gasteiger partial charge in [-0.25, -0.2) is 0 Å². The minimum absolute atomic E-state index is 0.789. The molecule has 0 aliphatic heterocycles. The van der Waals surface area contributed by atoms with Gasteiger partial charge in [0.15, 0.2) is 0 Å². The summed E-state index contributed by atoms with van der Waals surface area (Å²) in [5.41, 5.74) is 9.49. The van der Waals surface area contributed by atoms with Crippen LogP contribution in [0.3, 0.4) is 0 Å². The molecular weight excluding hydrogens is 210 g/mol. The summed E-state index contributed by atoms with van der Waals surface area (Å²) in [6.07, 6.45) is 3.55. The van der Waals surface area contributed by atoms with Crippen molar-refractivity contribution in [3.63, 3.8) is 0 Å². The van der Waals surface area contributed by atoms with Crippen LogP contribution in [0.15, 0.2) is 48.8 Å². The van der Waals surface area contributed by atoms with Crippen LogP contribution in [0, 0.1) is 6.92 Å². The topological polar surface area (TPSA) is 43.8 Å². The van der Waals surface area contributed by atoms with Gasteiger partial charge >= 0.3 is 0 Å². The molecule has 3 heteroatoms. The van der Waals surface area contributed by atoms with E-state index in [9.17, 15) is 0 Å². The Hall–Kier alpha value is -2.29. The van der Waals surface area contributed by atoms with E-state index in [1.54, 1.807) is 12.4 Å². The first-order chi connectivity index (χ1) is 8.29. The van der Waals surface area contributed by atoms with Gasteiger partial charge < -0.3 is 5.73 Å². The van der Waals surface area contributed by atoms with E-state index < -0.39 is 0 Å². The van der Waals surface area contributed by atoms with Gasteiger partial charge in [-0.2, -0.15) is 0 Å². The number of benzene rings is 1. The van der Waals surface area contributed by atoms with Crippen molar-refractivity contribution in [1.82, 2.24) is 9.55 Å². The first-order valence-electron chi connectivity index (χ1n) is 5.55. The summed E-state index contributed by atoms with van der Waals surface area (Å²) in [5.74, 6) is 0.789. The van der Waals surface area contributed by atoms with Crippen LogP contribution < -0.4 is 5.73 Å². The first-order valence-corrected chi connectivity index (χ1v) is 5.55. The summed E-state index contributed by atoms with van der Waals surface area (Å²) < 4.78 is 2.06. The molecule has 0 radical (unpaired) electrons. The van der Waals surface area contributed by atoms with Crippen LogP contribution in [0.1, 0.15) is 5.56 Å². The highest BCUT2D eigenvalue weighted by atomic mass is 15.1. The molecule has 0 fully saturated rings. The number of hydrogen-bond acceptors (Lipinski definition) is 2. The largest absolute Gasteiger partial charge is 0.385 e. The second-order valence-corrected chi connectivity index (χ2v) is 4.07. The summed E-state index contributed by atoms with van der Waals surface area (Å²) in [6.45, 7) is 2.05. The fourth-order valence-corrected chi connectivity index (χ4v) is 2.19. The molecule has 2 N–H and O–H groups in total. The van der Waals surface area contributed by atoms with Crippen molar-refractivity contribution in [3.8, 4) is 5.69 Å². The Morgan fingerprint density at radius 1 is 1.06 bits per heavy atom. The maximum Gasteiger partial charge on any atom is 0.111 e. The Bertz CT molecular complexity index is 669. The molecule has 0 saturated heterocycles. The van der Waals surface area contributed by atoms with Gasteiger partial charge in [-0.05, 0) is 30.7 Å². The van der Waals surface area contributed by atoms with Crippen molar-refractivity contribution in [2.45, 2.75) is 6.92 Å². The molecule has 0 atom stereocenters. The Morgan fingerprint density at radius 2 is 1.76 bits per heavy atom. The third kappa shape index (κ3) is 1.40. The third-order valence-electron chi connectivity index (χ3n) is 3.09. The molecule has 0 bridgehead atoms. The zero-order valence-corrected chi connectivity index (χ0v) is 9.59. The molecule has 0 aliphatic rings. The number of rotatable bonds is 1. The van der Waals surface area contributed by atoms with Crippen LogP contribution in [0.4, 0.5) is 5.82 Å². The molecule has 3 rings (SSSR count). The van der Waals surface area contributed by atoms with E-state index in [1.807, 2.05) is 24.3 Å². The lowest BCUT2D eigenvalue weighted by Gasteiger charge is -2.07. The van der Waals surface area contributed by atoms with Gasteiger partial charge in [0.1, 0.15) is 5.82 Å². The monoisotopic (exact) mass is 223 g/mol. The average molecular weight is 223 g/mol. The van der Waals surface area contributed by atoms with Crippen LogP contribution in [-0.4, -0.2) is 9.55 Å². The number of nitrogens with zero attached hydrogens (tertiary/aromatic N) is 2. The van der Waals surface area contributed by atoms with Gasteiger partial charge in [-0.15, -0.1) is 0 Å². The Morgan fingerprint density at radius 3 is 2.53 bits per heavy atom. The summed E-state index contributed by atoms with van der Waals surface area (Å²) in [6, 6.07) is 12.2. The lowest BCUT2D eigenvalue weighted by molar-refractivity contribution is 1.12. The number of aromatic nitrogens is 2. The lowest BCUT2D eigenvalue weighted by Crippen LogP contribution is -2.00. The molecule has 0 aliphatic carbocycles. The van der Waals surface area contributed by atoms with E-state index in [0.29, 0.717) is 0 Å². The highest BCUT2D eigenvalue weighted by molar-refractivity contribution is 5.90. The van der Waals surface area contributed by atoms with Gasteiger partial charge in [0, 0.05) is 17.8 Å². The molecule has 0 unspecified atom stereocenters. The van der Waals surface area contributed by atoms with Crippen LogP contribution in [-0.2, 0) is 0 Å². The highest BCUT2D eigenvalue weighted by Crippen LogP contribution is 2.30. The number of aryl methyl sites for hydroxylation is 1. The SMILES string of the molecule is Cc1c(N)n(-c2ccncc2)c2ccccc12. The Kier molecular flexibility index (Phi) is 2.11. The van der Waals surface area contributed by atoms with Crippen LogP contribution >= 0.6 is 0 Å². The molecule has 17 heavy (non-hydrogen) atoms. The summed E-state index contributed by atoms with van der Waals surface area (Å²) in [4.78, 5) is 4.03. The van der Waals surface area contributed by atoms with Crippen molar-refractivity contribution in [2.24, 2.45) is 0 Å². The van der Waals surface area contributed by atoms with Gasteiger partial charge in [-0.1, -0.05) is 18.2 Å². The molecule has 84 valence electrons. The molecule has 0 spiro atoms. The maximum absolute atomic E-state index is 6.19. The predicted octanol–water partition coefficient (Wildman–Crippen LogP) is 2.92. The van der Waals surface area contributed by atoms with Gasteiger partial charge in [-0.3, -0.25) is 9.55 Å². The minimum atomic E-state index is 0.789. The van der Waals surface area contributed by atoms with E-state index >= 15 is 0 Å². The van der Waals surface area contributed by atoms with E-state index in [0.717, 1.165) is 22.6 Å². The van der Waals surface area contributed by atoms with Crippen molar-refractivity contribution in [2.75, 3.05) is 5.73 Å². The quantitative estimate of drug-likeness (QED) is 0.689. The number of nitrogens with two attached hydrogens (primary N) is 1. The first kappa shape index (κ1) is 9.90. The van der Waals surface area contributed by atoms with Gasteiger partial charge in [0.2, 0.25) is 0 Å². The molecule has 0 saturated carbocycles. The Balaban J connectivity index is 2.41. The fraction of sp³-hybridized carbons (Fsp3) is 0.0714. The number of pyridine rings is 1. The molecule has 1 aromatic carbocycles. The standard InChI is InChI=1S/C14H13N3/c1-10-12-4-2-3-5-13(12)17(14(10)15)11-6-8-16-9-7-11/h2-9H,15H2,1H3. The van der Waals surface area contributed by atoms with Gasteiger partial charge in [0.05, 0.1) is 11.2 Å². The van der Waals surface area contributed by atoms with E-state index in [1.165, 1.54) is 5.39 Å². The average Bonchev–Trinajstić information content (AvgIpc) is 2.64. The lowest BCUT2D eigenvalue weighted by atomic mass is 10.2. The molecule has 2 heterocycles. The zero-order chi connectivity index (χ0) is 11.8. The number of fused-ring (bicyclic) bond motifs is 1. The Labute approximate surface area is 99.5 Å². The number of hydrogen-bond donors (Lipinski definition) is 1. The van der Waals surface area contributed by atoms with Crippen LogP contribution in [0.25, 0.3) is 16.6 Å². The fourth-order valence-electron chi connectivity index (χ4n) is 2.19. The second-order valence-electron chi connectivity index (χ2n) is 4.07. The molecule has 0 amide bonds. The summed E-state index contributed by atoms with van der Waals surface area (Å²) in [7, 11) is 0. The van der Waals surface area contributed by atoms with Crippen molar-refractivity contribution in [3.05, 3.63) is 54.4 Å². The summed E-state index contributed by atoms with van der Waals surface area (Å²) >= 11 is 0. The van der Waals surface area contributed by atoms with Crippen molar-refractivity contribution in [1.29, 1.82) is 0 Å². The second kappa shape index (κ2) is 3.63. The van der Waals surface area contributed by atoms with E-state index in [4.69, 9.17) is 5.73 Å². The van der Waals surface area contributed by atoms with Crippen LogP contribution in [0.5, 0.6) is 0 Å². The van der Waals surface area contributed by atoms with Gasteiger partial charge in [0.25, 0.3) is 0 Å². The van der Waals surface area contributed by atoms with Crippen molar-refractivity contribution >= 4 is 16.7 Å². The van der Waals surface area contributed by atoms with E-state index in [-0.39, 0.29) is 0 Å². The van der Waals surface area contributed by atoms with Crippen molar-refractivity contribution < 1.29 is 0 Å². The molecule has 3 nitrogen and oxygen atoms in total. The molecule has 3 aromatic rings.